The average Bonchev–Trinajstić information content (AvgIpc) is 2.70. The summed E-state index contributed by atoms with van der Waals surface area (Å²) in [5, 5.41) is 0. The van der Waals surface area contributed by atoms with E-state index in [4.69, 9.17) is 0 Å². The Morgan fingerprint density at radius 1 is 0.444 bits per heavy atom. The molecule has 1 aromatic rings. The second-order valence-electron chi connectivity index (χ2n) is 11.0. The van der Waals surface area contributed by atoms with Crippen LogP contribution < -0.4 is 0 Å². The normalized spacial score (nSPS) is 46.1. The van der Waals surface area contributed by atoms with Gasteiger partial charge in [-0.2, -0.15) is 0 Å². The molecular formula is C23H38N4+4. The molecule has 1 aromatic carbocycles. The average molecular weight is 371 g/mol. The summed E-state index contributed by atoms with van der Waals surface area (Å²) in [5.41, 5.74) is 3.22. The molecule has 0 aromatic heterocycles. The van der Waals surface area contributed by atoms with Gasteiger partial charge in [0.1, 0.15) is 91.6 Å². The van der Waals surface area contributed by atoms with E-state index in [1.165, 1.54) is 129 Å². The molecule has 0 radical (unpaired) electrons. The van der Waals surface area contributed by atoms with Gasteiger partial charge < -0.3 is 17.9 Å². The minimum atomic E-state index is 1.29. The lowest BCUT2D eigenvalue weighted by molar-refractivity contribution is -1.09. The van der Waals surface area contributed by atoms with Crippen molar-refractivity contribution in [3.05, 3.63) is 35.4 Å². The Hall–Kier alpha value is -0.940. The van der Waals surface area contributed by atoms with E-state index in [0.717, 1.165) is 0 Å². The first-order chi connectivity index (χ1) is 13.1. The Morgan fingerprint density at radius 3 is 1.22 bits per heavy atom. The van der Waals surface area contributed by atoms with Crippen molar-refractivity contribution < 1.29 is 17.9 Å². The quantitative estimate of drug-likeness (QED) is 0.606. The summed E-state index contributed by atoms with van der Waals surface area (Å²) in [6.07, 6.45) is 1.47. The summed E-state index contributed by atoms with van der Waals surface area (Å²) in [7, 11) is 0. The van der Waals surface area contributed by atoms with E-state index in [2.05, 4.69) is 24.3 Å². The molecule has 27 heavy (non-hydrogen) atoms. The van der Waals surface area contributed by atoms with E-state index in [1.807, 2.05) is 0 Å². The fraction of sp³-hybridized carbons (Fsp3) is 0.739. The molecule has 0 aliphatic carbocycles. The molecule has 0 spiro atoms. The summed E-state index contributed by atoms with van der Waals surface area (Å²) in [4.78, 5) is 0. The molecular weight excluding hydrogens is 332 g/mol. The molecule has 6 saturated heterocycles. The largest absolute Gasteiger partial charge is 0.309 e. The van der Waals surface area contributed by atoms with Crippen LogP contribution in [-0.2, 0) is 13.1 Å². The highest BCUT2D eigenvalue weighted by atomic mass is 15.5. The highest BCUT2D eigenvalue weighted by Gasteiger charge is 2.51. The lowest BCUT2D eigenvalue weighted by atomic mass is 9.99. The molecule has 0 atom stereocenters. The molecule has 15 aliphatic rings. The second kappa shape index (κ2) is 5.79. The van der Waals surface area contributed by atoms with E-state index in [0.29, 0.717) is 0 Å². The van der Waals surface area contributed by atoms with Crippen LogP contribution in [0.3, 0.4) is 0 Å². The summed E-state index contributed by atoms with van der Waals surface area (Å²) in [6, 6.07) is 9.77. The molecule has 15 heterocycles. The summed E-state index contributed by atoms with van der Waals surface area (Å²) < 4.78 is 5.67. The lowest BCUT2D eigenvalue weighted by Crippen LogP contribution is -2.76. The van der Waals surface area contributed by atoms with E-state index in [1.54, 1.807) is 11.1 Å². The van der Waals surface area contributed by atoms with Gasteiger partial charge in [0.05, 0.1) is 13.1 Å². The van der Waals surface area contributed by atoms with Crippen LogP contribution >= 0.6 is 0 Å². The number of piperazine rings is 6. The van der Waals surface area contributed by atoms with Gasteiger partial charge in [-0.25, -0.2) is 0 Å². The Morgan fingerprint density at radius 2 is 0.815 bits per heavy atom. The van der Waals surface area contributed by atoms with Crippen LogP contribution in [0.5, 0.6) is 0 Å². The number of rotatable bonds is 0. The molecule has 4 heteroatoms. The standard InChI is InChI=1S/C23H38N4/c1-3-22-19-23(4-1)21-27-16-10-25(11-17-27,12-18-27)6-2-5-24-7-13-26(20-22,14-8-24)15-9-24/h1,3-4,19H,2,5-18,20-21H2/q+4. The molecule has 6 fully saturated rings. The van der Waals surface area contributed by atoms with E-state index >= 15 is 0 Å². The molecule has 0 saturated carbocycles. The maximum Gasteiger partial charge on any atom is 0.129 e. The third-order valence-corrected chi connectivity index (χ3v) is 9.58. The van der Waals surface area contributed by atoms with Crippen molar-refractivity contribution >= 4 is 0 Å². The molecule has 6 bridgehead atoms. The van der Waals surface area contributed by atoms with Crippen LogP contribution in [0, 0.1) is 0 Å². The molecule has 4 nitrogen and oxygen atoms in total. The van der Waals surface area contributed by atoms with Crippen molar-refractivity contribution in [1.29, 1.82) is 0 Å². The molecule has 146 valence electrons. The van der Waals surface area contributed by atoms with E-state index < -0.39 is 0 Å². The predicted octanol–water partition coefficient (Wildman–Crippen LogP) is 1.41. The smallest absolute Gasteiger partial charge is 0.129 e. The van der Waals surface area contributed by atoms with Crippen molar-refractivity contribution in [3.63, 3.8) is 0 Å². The van der Waals surface area contributed by atoms with E-state index in [-0.39, 0.29) is 0 Å². The number of quaternary nitrogens is 4. The first-order valence-electron chi connectivity index (χ1n) is 11.6. The zero-order valence-electron chi connectivity index (χ0n) is 17.1. The minimum absolute atomic E-state index is 1.29. The molecule has 0 unspecified atom stereocenters. The maximum absolute atomic E-state index is 2.59. The van der Waals surface area contributed by atoms with Gasteiger partial charge in [0, 0.05) is 17.5 Å². The van der Waals surface area contributed by atoms with Gasteiger partial charge in [-0.05, 0) is 6.07 Å². The van der Waals surface area contributed by atoms with Crippen LogP contribution in [0.2, 0.25) is 0 Å². The zero-order chi connectivity index (χ0) is 18.0. The van der Waals surface area contributed by atoms with Crippen molar-refractivity contribution in [1.82, 2.24) is 0 Å². The van der Waals surface area contributed by atoms with Gasteiger partial charge in [-0.1, -0.05) is 18.2 Å². The molecule has 16 rings (SSSR count). The Balaban J connectivity index is 1.35. The van der Waals surface area contributed by atoms with Gasteiger partial charge in [0.25, 0.3) is 0 Å². The van der Waals surface area contributed by atoms with Crippen molar-refractivity contribution in [2.24, 2.45) is 0 Å². The topological polar surface area (TPSA) is 0 Å². The van der Waals surface area contributed by atoms with Crippen LogP contribution in [0.15, 0.2) is 24.3 Å². The number of hydrogen-bond donors (Lipinski definition) is 0. The summed E-state index contributed by atoms with van der Waals surface area (Å²) in [5.74, 6) is 0. The Bertz CT molecular complexity index is 635. The summed E-state index contributed by atoms with van der Waals surface area (Å²) in [6.45, 7) is 22.7. The van der Waals surface area contributed by atoms with Crippen LogP contribution in [0.4, 0.5) is 0 Å². The summed E-state index contributed by atoms with van der Waals surface area (Å²) >= 11 is 0. The predicted molar refractivity (Wildman–Crippen MR) is 108 cm³/mol. The Labute approximate surface area is 164 Å². The van der Waals surface area contributed by atoms with Gasteiger partial charge in [-0.15, -0.1) is 0 Å². The van der Waals surface area contributed by atoms with Gasteiger partial charge in [0.2, 0.25) is 0 Å². The molecule has 15 aliphatic heterocycles. The number of benzene rings is 1. The SMILES string of the molecule is c1cc2cc(c1)C[N+]13CC[N+](CCC[N+]45CC[N+](CC4)(CC5)C2)(CC1)CC3. The highest BCUT2D eigenvalue weighted by Crippen LogP contribution is 2.33. The molecule has 0 N–H and O–H groups in total. The van der Waals surface area contributed by atoms with Gasteiger partial charge in [-0.3, -0.25) is 0 Å². The van der Waals surface area contributed by atoms with Gasteiger partial charge in [0.15, 0.2) is 0 Å². The second-order valence-corrected chi connectivity index (χ2v) is 11.0. The lowest BCUT2D eigenvalue weighted by Gasteiger charge is -2.57. The Kier molecular flexibility index (Phi) is 3.64. The van der Waals surface area contributed by atoms with Crippen molar-refractivity contribution in [3.8, 4) is 0 Å². The first kappa shape index (κ1) is 17.0. The number of nitrogens with zero attached hydrogens (tertiary/aromatic N) is 4. The maximum atomic E-state index is 2.59. The van der Waals surface area contributed by atoms with Crippen LogP contribution in [-0.4, -0.2) is 110 Å². The third kappa shape index (κ3) is 2.79. The monoisotopic (exact) mass is 370 g/mol. The van der Waals surface area contributed by atoms with Crippen LogP contribution in [0.1, 0.15) is 17.5 Å². The third-order valence-electron chi connectivity index (χ3n) is 9.58. The first-order valence-corrected chi connectivity index (χ1v) is 11.6. The van der Waals surface area contributed by atoms with Crippen LogP contribution in [0.25, 0.3) is 0 Å². The zero-order valence-corrected chi connectivity index (χ0v) is 17.1. The fourth-order valence-electron chi connectivity index (χ4n) is 7.37. The van der Waals surface area contributed by atoms with E-state index in [9.17, 15) is 0 Å². The molecule has 0 amide bonds. The van der Waals surface area contributed by atoms with Crippen molar-refractivity contribution in [2.45, 2.75) is 19.5 Å². The fourth-order valence-corrected chi connectivity index (χ4v) is 7.37. The van der Waals surface area contributed by atoms with Crippen molar-refractivity contribution in [2.75, 3.05) is 91.6 Å². The minimum Gasteiger partial charge on any atom is -0.309 e. The van der Waals surface area contributed by atoms with Gasteiger partial charge >= 0.3 is 0 Å². The highest BCUT2D eigenvalue weighted by molar-refractivity contribution is 5.22. The number of hydrogen-bond acceptors (Lipinski definition) is 0.